The zero-order valence-corrected chi connectivity index (χ0v) is 56.2. The lowest BCUT2D eigenvalue weighted by Gasteiger charge is -2.18. The maximum absolute atomic E-state index is 8.94. The minimum atomic E-state index is -0.448. The molecule has 0 spiro atoms. The third kappa shape index (κ3) is 9.95. The maximum atomic E-state index is 8.94. The Morgan fingerprint density at radius 1 is 0.179 bits per heavy atom. The SMILES string of the molecule is [2H]c1c([2H])c([2H])c(-c2c3ccccc3c(-c3ccc4c(c3)cc(-c3ccc5oc6c(-c7c([2H])c([2H])c([2H])c([2H])c7[2H])cccc6c5c3)c3ccccc34)c3ccccc23)c([2H])c1[2H].[2H]c1c([2H])c([2H])c(-c2ccc3c(c2)oc2cccc(-c4cc5cc(-c6c7ccccc7c(-c7c([2H])c([2H])c([2H])c([2H])c7[2H])c7ccccc67)ccc5c5ccccc45)c23)c([2H])c1[2H]. The molecule has 0 unspecified atom stereocenters. The normalized spacial score (nSPS) is 14.4. The highest BCUT2D eigenvalue weighted by Crippen LogP contribution is 2.50. The molecule has 22 aromatic rings. The molecule has 2 heterocycles. The van der Waals surface area contributed by atoms with E-state index in [1.807, 2.05) is 164 Å². The van der Waals surface area contributed by atoms with Crippen LogP contribution in [-0.2, 0) is 0 Å². The van der Waals surface area contributed by atoms with Gasteiger partial charge in [0.25, 0.3) is 0 Å². The van der Waals surface area contributed by atoms with Gasteiger partial charge in [-0.25, -0.2) is 0 Å². The largest absolute Gasteiger partial charge is 0.456 e. The molecule has 22 rings (SSSR count). The first-order valence-corrected chi connectivity index (χ1v) is 34.9. The zero-order valence-electron chi connectivity index (χ0n) is 76.2. The number of para-hydroxylation sites is 1. The van der Waals surface area contributed by atoms with Crippen LogP contribution in [0, 0.1) is 0 Å². The summed E-state index contributed by atoms with van der Waals surface area (Å²) < 4.78 is 183. The van der Waals surface area contributed by atoms with Gasteiger partial charge >= 0.3 is 0 Å². The fourth-order valence-electron chi connectivity index (χ4n) is 16.3. The van der Waals surface area contributed by atoms with Crippen molar-refractivity contribution in [3.05, 3.63) is 388 Å². The number of hydrogen-bond donors (Lipinski definition) is 0. The minimum Gasteiger partial charge on any atom is -0.456 e. The van der Waals surface area contributed by atoms with Crippen molar-refractivity contribution in [3.8, 4) is 89.0 Å². The van der Waals surface area contributed by atoms with Gasteiger partial charge in [-0.05, 0) is 224 Å². The minimum absolute atomic E-state index is 0.0893. The van der Waals surface area contributed by atoms with Crippen molar-refractivity contribution in [2.75, 3.05) is 0 Å². The second kappa shape index (κ2) is 25.0. The highest BCUT2D eigenvalue weighted by atomic mass is 16.3. The first-order valence-electron chi connectivity index (χ1n) is 44.9. The Morgan fingerprint density at radius 2 is 0.566 bits per heavy atom. The van der Waals surface area contributed by atoms with E-state index in [-0.39, 0.29) is 94.8 Å². The highest BCUT2D eigenvalue weighted by molar-refractivity contribution is 6.26. The summed E-state index contributed by atoms with van der Waals surface area (Å²) in [5.41, 5.74) is 12.6. The van der Waals surface area contributed by atoms with Gasteiger partial charge in [-0.2, -0.15) is 0 Å². The molecule has 0 bridgehead atoms. The Labute approximate surface area is 640 Å². The Hall–Kier alpha value is -13.9. The van der Waals surface area contributed by atoms with E-state index in [4.69, 9.17) is 36.2 Å². The standard InChI is InChI=1S/2C52H32O/c1-3-14-33(15-4-1)35-26-29-46-49(32-35)53-48-25-13-24-45(52(46)48)47-31-37-30-36(27-28-38(37)39-18-7-8-19-40(39)47)51-43-22-11-9-20-41(43)50(34-16-5-2-6-17-34)42-21-10-12-23-44(42)51;1-3-14-33(15-4-1)39-24-13-25-46-48-31-35(27-29-49(48)53-52(39)46)47-32-37-30-36(26-28-38(37)40-18-7-8-19-41(40)47)51-44-22-11-9-20-42(44)50(34-16-5-2-6-17-34)43-21-10-12-23-45(43)51/h2*1-32H/i2*1D,2D,3D,4D,5D,6D,14D,15D,16D,17D. The Balaban J connectivity index is 0.000000154. The number of hydrogen-bond acceptors (Lipinski definition) is 2. The van der Waals surface area contributed by atoms with E-state index < -0.39 is 48.3 Å². The van der Waals surface area contributed by atoms with E-state index in [0.717, 1.165) is 152 Å². The van der Waals surface area contributed by atoms with Crippen molar-refractivity contribution < 1.29 is 36.2 Å². The van der Waals surface area contributed by atoms with Crippen LogP contribution >= 0.6 is 0 Å². The molecule has 106 heavy (non-hydrogen) atoms. The van der Waals surface area contributed by atoms with Gasteiger partial charge in [0.1, 0.15) is 22.3 Å². The molecule has 0 N–H and O–H groups in total. The van der Waals surface area contributed by atoms with Crippen molar-refractivity contribution in [1.82, 2.24) is 0 Å². The van der Waals surface area contributed by atoms with Gasteiger partial charge < -0.3 is 8.83 Å². The zero-order chi connectivity index (χ0) is 87.2. The van der Waals surface area contributed by atoms with Crippen LogP contribution < -0.4 is 0 Å². The molecule has 0 amide bonds. The summed E-state index contributed by atoms with van der Waals surface area (Å²) in [7, 11) is 0. The van der Waals surface area contributed by atoms with Gasteiger partial charge in [0, 0.05) is 27.1 Å². The van der Waals surface area contributed by atoms with Crippen LogP contribution in [0.5, 0.6) is 0 Å². The molecular weight excluding hydrogens is 1280 g/mol. The monoisotopic (exact) mass is 1360 g/mol. The van der Waals surface area contributed by atoms with E-state index in [1.54, 1.807) is 18.2 Å². The maximum Gasteiger partial charge on any atom is 0.143 e. The molecule has 0 atom stereocenters. The third-order valence-corrected chi connectivity index (χ3v) is 20.8. The summed E-state index contributed by atoms with van der Waals surface area (Å²) in [6, 6.07) is 81.3. The average molecular weight is 1370 g/mol. The molecule has 0 aliphatic heterocycles. The molecule has 2 aromatic heterocycles. The molecule has 0 aliphatic carbocycles. The Morgan fingerprint density at radius 3 is 1.08 bits per heavy atom. The van der Waals surface area contributed by atoms with Crippen LogP contribution in [0.2, 0.25) is 0 Å². The molecule has 0 radical (unpaired) electrons. The van der Waals surface area contributed by atoms with Crippen LogP contribution in [0.25, 0.3) is 219 Å². The number of fused-ring (bicyclic) bond motifs is 16. The number of furan rings is 2. The smallest absolute Gasteiger partial charge is 0.143 e. The van der Waals surface area contributed by atoms with E-state index >= 15 is 0 Å². The van der Waals surface area contributed by atoms with Gasteiger partial charge in [0.2, 0.25) is 0 Å². The first kappa shape index (κ1) is 43.8. The lowest BCUT2D eigenvalue weighted by molar-refractivity contribution is 0.669. The average Bonchev–Trinajstić information content (AvgIpc) is 0.933. The van der Waals surface area contributed by atoms with Crippen LogP contribution in [0.4, 0.5) is 0 Å². The Kier molecular flexibility index (Phi) is 10.3. The van der Waals surface area contributed by atoms with Gasteiger partial charge in [0.15, 0.2) is 0 Å². The molecule has 0 saturated heterocycles. The van der Waals surface area contributed by atoms with Crippen molar-refractivity contribution in [2.24, 2.45) is 0 Å². The van der Waals surface area contributed by atoms with Crippen LogP contribution in [0.15, 0.2) is 397 Å². The van der Waals surface area contributed by atoms with E-state index in [2.05, 4.69) is 84.9 Å². The fourth-order valence-corrected chi connectivity index (χ4v) is 16.3. The summed E-state index contributed by atoms with van der Waals surface area (Å²) in [4.78, 5) is 0. The second-order valence-electron chi connectivity index (χ2n) is 26.5. The van der Waals surface area contributed by atoms with Crippen molar-refractivity contribution >= 4 is 130 Å². The van der Waals surface area contributed by atoms with E-state index in [1.165, 1.54) is 0 Å². The van der Waals surface area contributed by atoms with Crippen LogP contribution in [0.3, 0.4) is 0 Å². The van der Waals surface area contributed by atoms with Gasteiger partial charge in [-0.3, -0.25) is 0 Å². The van der Waals surface area contributed by atoms with Gasteiger partial charge in [-0.1, -0.05) is 333 Å². The molecular formula is C104H64O2. The molecule has 492 valence electrons. The van der Waals surface area contributed by atoms with E-state index in [0.29, 0.717) is 44.6 Å². The molecule has 0 fully saturated rings. The van der Waals surface area contributed by atoms with Gasteiger partial charge in [-0.15, -0.1) is 0 Å². The van der Waals surface area contributed by atoms with E-state index in [9.17, 15) is 0 Å². The lowest BCUT2D eigenvalue weighted by atomic mass is 9.85. The van der Waals surface area contributed by atoms with Crippen molar-refractivity contribution in [3.63, 3.8) is 0 Å². The summed E-state index contributed by atoms with van der Waals surface area (Å²) in [6.07, 6.45) is 0. The fraction of sp³-hybridized carbons (Fsp3) is 0. The lowest BCUT2D eigenvalue weighted by Crippen LogP contribution is -1.91. The summed E-state index contributed by atoms with van der Waals surface area (Å²) >= 11 is 0. The first-order chi connectivity index (χ1) is 60.9. The third-order valence-electron chi connectivity index (χ3n) is 20.8. The van der Waals surface area contributed by atoms with Crippen LogP contribution in [-0.4, -0.2) is 0 Å². The predicted molar refractivity (Wildman–Crippen MR) is 451 cm³/mol. The number of rotatable bonds is 8. The highest BCUT2D eigenvalue weighted by Gasteiger charge is 2.23. The molecule has 0 saturated carbocycles. The Bertz CT molecular complexity index is 8400. The predicted octanol–water partition coefficient (Wildman–Crippen LogP) is 29.7. The summed E-state index contributed by atoms with van der Waals surface area (Å²) in [5, 5.41) is 18.3. The summed E-state index contributed by atoms with van der Waals surface area (Å²) in [6.45, 7) is 0. The van der Waals surface area contributed by atoms with Crippen molar-refractivity contribution in [2.45, 2.75) is 0 Å². The summed E-state index contributed by atoms with van der Waals surface area (Å²) in [5.74, 6) is 0. The van der Waals surface area contributed by atoms with Crippen molar-refractivity contribution in [1.29, 1.82) is 0 Å². The molecule has 0 aliphatic rings. The quantitative estimate of drug-likeness (QED) is 0.112. The molecule has 2 heteroatoms. The topological polar surface area (TPSA) is 26.3 Å². The molecule has 20 aromatic carbocycles. The van der Waals surface area contributed by atoms with Crippen LogP contribution in [0.1, 0.15) is 27.4 Å². The number of benzene rings is 20. The van der Waals surface area contributed by atoms with Gasteiger partial charge in [0.05, 0.1) is 27.4 Å². The second-order valence-corrected chi connectivity index (χ2v) is 26.5. The molecule has 2 nitrogen and oxygen atoms in total.